The minimum absolute atomic E-state index is 0.344. The Hall–Kier alpha value is -0.430. The molecule has 4 N–H and O–H groups in total. The first-order valence-electron chi connectivity index (χ1n) is 3.96. The Bertz CT molecular complexity index is 329. The Labute approximate surface area is 94.2 Å². The summed E-state index contributed by atoms with van der Waals surface area (Å²) in [6, 6.07) is 0.601. The minimum atomic E-state index is -1.01. The van der Waals surface area contributed by atoms with Crippen molar-refractivity contribution in [3.63, 3.8) is 0 Å². The molecule has 1 rings (SSSR count). The van der Waals surface area contributed by atoms with Crippen molar-refractivity contribution in [1.82, 2.24) is 5.32 Å². The molecule has 0 spiro atoms. The monoisotopic (exact) mass is 278 g/mol. The van der Waals surface area contributed by atoms with Gasteiger partial charge in [0.1, 0.15) is 6.04 Å². The molecule has 0 aromatic carbocycles. The molecule has 2 atom stereocenters. The van der Waals surface area contributed by atoms with Crippen molar-refractivity contribution in [2.24, 2.45) is 5.73 Å². The van der Waals surface area contributed by atoms with E-state index in [9.17, 15) is 4.79 Å². The van der Waals surface area contributed by atoms with E-state index in [-0.39, 0.29) is 6.04 Å². The van der Waals surface area contributed by atoms with Crippen LogP contribution in [-0.4, -0.2) is 24.2 Å². The molecule has 0 fully saturated rings. The molecule has 6 heteroatoms. The lowest BCUT2D eigenvalue weighted by Gasteiger charge is -2.18. The quantitative estimate of drug-likeness (QED) is 0.773. The van der Waals surface area contributed by atoms with Gasteiger partial charge in [-0.25, -0.2) is 0 Å². The van der Waals surface area contributed by atoms with Crippen molar-refractivity contribution in [2.75, 3.05) is 7.05 Å². The molecule has 4 nitrogen and oxygen atoms in total. The highest BCUT2D eigenvalue weighted by molar-refractivity contribution is 9.10. The van der Waals surface area contributed by atoms with Gasteiger partial charge in [-0.1, -0.05) is 0 Å². The van der Waals surface area contributed by atoms with Gasteiger partial charge in [-0.05, 0) is 29.0 Å². The fraction of sp³-hybridized carbons (Fsp3) is 0.375. The molecule has 0 aliphatic heterocycles. The Balaban J connectivity index is 2.86. The maximum Gasteiger partial charge on any atom is 0.322 e. The lowest BCUT2D eigenvalue weighted by molar-refractivity contribution is -0.139. The van der Waals surface area contributed by atoms with Crippen LogP contribution in [0, 0.1) is 0 Å². The molecule has 0 amide bonds. The molecule has 0 saturated carbocycles. The Morgan fingerprint density at radius 3 is 2.79 bits per heavy atom. The van der Waals surface area contributed by atoms with Gasteiger partial charge in [-0.2, -0.15) is 0 Å². The SMILES string of the molecule is CNC(c1cc(Br)cs1)C(N)C(=O)O. The summed E-state index contributed by atoms with van der Waals surface area (Å²) >= 11 is 4.79. The molecule has 1 aromatic rings. The van der Waals surface area contributed by atoms with E-state index in [4.69, 9.17) is 10.8 Å². The summed E-state index contributed by atoms with van der Waals surface area (Å²) in [5.41, 5.74) is 5.54. The number of halogens is 1. The lowest BCUT2D eigenvalue weighted by Crippen LogP contribution is -2.41. The summed E-state index contributed by atoms with van der Waals surface area (Å²) < 4.78 is 0.940. The number of aliphatic carboxylic acids is 1. The highest BCUT2D eigenvalue weighted by Gasteiger charge is 2.25. The molecule has 14 heavy (non-hydrogen) atoms. The zero-order valence-electron chi connectivity index (χ0n) is 7.53. The second-order valence-electron chi connectivity index (χ2n) is 2.80. The van der Waals surface area contributed by atoms with Gasteiger partial charge in [0.15, 0.2) is 0 Å². The van der Waals surface area contributed by atoms with Crippen LogP contribution in [-0.2, 0) is 4.79 Å². The first-order valence-corrected chi connectivity index (χ1v) is 5.63. The zero-order chi connectivity index (χ0) is 10.7. The van der Waals surface area contributed by atoms with Crippen LogP contribution in [0.2, 0.25) is 0 Å². The topological polar surface area (TPSA) is 75.3 Å². The molecule has 78 valence electrons. The minimum Gasteiger partial charge on any atom is -0.480 e. The second kappa shape index (κ2) is 4.88. The van der Waals surface area contributed by atoms with Gasteiger partial charge in [0, 0.05) is 14.7 Å². The first kappa shape index (κ1) is 11.6. The third-order valence-corrected chi connectivity index (χ3v) is 3.63. The lowest BCUT2D eigenvalue weighted by atomic mass is 10.1. The number of hydrogen-bond donors (Lipinski definition) is 3. The van der Waals surface area contributed by atoms with Crippen LogP contribution in [0.4, 0.5) is 0 Å². The molecule has 0 saturated heterocycles. The normalized spacial score (nSPS) is 15.1. The number of rotatable bonds is 4. The fourth-order valence-corrected chi connectivity index (χ4v) is 2.73. The van der Waals surface area contributed by atoms with Crippen LogP contribution < -0.4 is 11.1 Å². The smallest absolute Gasteiger partial charge is 0.322 e. The van der Waals surface area contributed by atoms with Gasteiger partial charge < -0.3 is 16.2 Å². The maximum atomic E-state index is 10.7. The average molecular weight is 279 g/mol. The van der Waals surface area contributed by atoms with Crippen LogP contribution in [0.15, 0.2) is 15.9 Å². The van der Waals surface area contributed by atoms with Crippen molar-refractivity contribution in [1.29, 1.82) is 0 Å². The van der Waals surface area contributed by atoms with Gasteiger partial charge in [-0.3, -0.25) is 4.79 Å². The van der Waals surface area contributed by atoms with E-state index in [1.54, 1.807) is 7.05 Å². The summed E-state index contributed by atoms with van der Waals surface area (Å²) in [7, 11) is 1.70. The Kier molecular flexibility index (Phi) is 4.06. The van der Waals surface area contributed by atoms with Crippen LogP contribution in [0.1, 0.15) is 10.9 Å². The molecule has 0 bridgehead atoms. The number of likely N-dealkylation sites (N-methyl/N-ethyl adjacent to an activating group) is 1. The van der Waals surface area contributed by atoms with E-state index in [0.717, 1.165) is 9.35 Å². The molecule has 2 unspecified atom stereocenters. The van der Waals surface area contributed by atoms with E-state index in [2.05, 4.69) is 21.2 Å². The second-order valence-corrected chi connectivity index (χ2v) is 4.66. The summed E-state index contributed by atoms with van der Waals surface area (Å²) in [6.07, 6.45) is 0. The number of carbonyl (C=O) groups is 1. The summed E-state index contributed by atoms with van der Waals surface area (Å²) in [6.45, 7) is 0. The van der Waals surface area contributed by atoms with Crippen LogP contribution >= 0.6 is 27.3 Å². The Morgan fingerprint density at radius 2 is 2.43 bits per heavy atom. The van der Waals surface area contributed by atoms with E-state index in [0.29, 0.717) is 0 Å². The van der Waals surface area contributed by atoms with Gasteiger partial charge in [0.25, 0.3) is 0 Å². The number of hydrogen-bond acceptors (Lipinski definition) is 4. The van der Waals surface area contributed by atoms with Crippen molar-refractivity contribution < 1.29 is 9.90 Å². The highest BCUT2D eigenvalue weighted by Crippen LogP contribution is 2.26. The zero-order valence-corrected chi connectivity index (χ0v) is 9.93. The van der Waals surface area contributed by atoms with Crippen molar-refractivity contribution >= 4 is 33.2 Å². The molecule has 1 heterocycles. The van der Waals surface area contributed by atoms with E-state index in [1.807, 2.05) is 11.4 Å². The summed E-state index contributed by atoms with van der Waals surface area (Å²) in [4.78, 5) is 11.6. The van der Waals surface area contributed by atoms with Crippen LogP contribution in [0.25, 0.3) is 0 Å². The molecular formula is C8H11BrN2O2S. The van der Waals surface area contributed by atoms with Crippen LogP contribution in [0.5, 0.6) is 0 Å². The summed E-state index contributed by atoms with van der Waals surface area (Å²) in [5.74, 6) is -1.01. The molecule has 0 radical (unpaired) electrons. The number of nitrogens with two attached hydrogens (primary N) is 1. The number of carboxylic acids is 1. The van der Waals surface area contributed by atoms with Gasteiger partial charge in [0.05, 0.1) is 6.04 Å². The summed E-state index contributed by atoms with van der Waals surface area (Å²) in [5, 5.41) is 13.6. The number of nitrogens with one attached hydrogen (secondary N) is 1. The van der Waals surface area contributed by atoms with E-state index in [1.165, 1.54) is 11.3 Å². The van der Waals surface area contributed by atoms with Crippen LogP contribution in [0.3, 0.4) is 0 Å². The van der Waals surface area contributed by atoms with E-state index >= 15 is 0 Å². The first-order chi connectivity index (χ1) is 6.56. The predicted molar refractivity (Wildman–Crippen MR) is 59.4 cm³/mol. The van der Waals surface area contributed by atoms with E-state index < -0.39 is 12.0 Å². The maximum absolute atomic E-state index is 10.7. The van der Waals surface area contributed by atoms with Gasteiger partial charge in [-0.15, -0.1) is 11.3 Å². The molecular weight excluding hydrogens is 268 g/mol. The van der Waals surface area contributed by atoms with Gasteiger partial charge >= 0.3 is 5.97 Å². The standard InChI is InChI=1S/C8H11BrN2O2S/c1-11-7(6(10)8(12)13)5-2-4(9)3-14-5/h2-3,6-7,11H,10H2,1H3,(H,12,13). The number of carboxylic acid groups (broad SMARTS) is 1. The third kappa shape index (κ3) is 2.54. The molecule has 1 aromatic heterocycles. The number of thiophene rings is 1. The average Bonchev–Trinajstić information content (AvgIpc) is 2.53. The fourth-order valence-electron chi connectivity index (χ4n) is 1.13. The largest absolute Gasteiger partial charge is 0.480 e. The Morgan fingerprint density at radius 1 is 1.79 bits per heavy atom. The third-order valence-electron chi connectivity index (χ3n) is 1.85. The predicted octanol–water partition coefficient (Wildman–Crippen LogP) is 1.18. The van der Waals surface area contributed by atoms with Gasteiger partial charge in [0.2, 0.25) is 0 Å². The van der Waals surface area contributed by atoms with Crippen molar-refractivity contribution in [2.45, 2.75) is 12.1 Å². The van der Waals surface area contributed by atoms with Crippen molar-refractivity contribution in [3.8, 4) is 0 Å². The molecule has 0 aliphatic carbocycles. The molecule has 0 aliphatic rings. The highest BCUT2D eigenvalue weighted by atomic mass is 79.9. The van der Waals surface area contributed by atoms with Crippen molar-refractivity contribution in [3.05, 3.63) is 20.8 Å².